The van der Waals surface area contributed by atoms with Gasteiger partial charge in [-0.1, -0.05) is 0 Å². The van der Waals surface area contributed by atoms with Gasteiger partial charge in [0.2, 0.25) is 0 Å². The lowest BCUT2D eigenvalue weighted by Crippen LogP contribution is -2.17. The average Bonchev–Trinajstić information content (AvgIpc) is 2.24. The van der Waals surface area contributed by atoms with Gasteiger partial charge in [-0.25, -0.2) is 0 Å². The lowest BCUT2D eigenvalue weighted by atomic mass is 10.2. The number of rotatable bonds is 6. The Labute approximate surface area is 94.0 Å². The van der Waals surface area contributed by atoms with Gasteiger partial charge in [-0.05, 0) is 24.6 Å². The van der Waals surface area contributed by atoms with Crippen molar-refractivity contribution >= 4 is 11.7 Å². The first-order chi connectivity index (χ1) is 7.59. The van der Waals surface area contributed by atoms with E-state index < -0.39 is 5.97 Å². The van der Waals surface area contributed by atoms with Crippen LogP contribution >= 0.6 is 0 Å². The standard InChI is InChI=1S/C11H15N3O2/c1-8(12)10-6-9(2-5-14-10)7-13-4-3-11(15)16/h2,5-6,12-13H,3-4,7H2,1H3,(H,15,16). The Hall–Kier alpha value is -1.75. The monoisotopic (exact) mass is 221 g/mol. The summed E-state index contributed by atoms with van der Waals surface area (Å²) >= 11 is 0. The van der Waals surface area contributed by atoms with Crippen LogP contribution in [0, 0.1) is 5.41 Å². The van der Waals surface area contributed by atoms with Crippen LogP contribution in [0.1, 0.15) is 24.6 Å². The van der Waals surface area contributed by atoms with Crippen molar-refractivity contribution in [2.75, 3.05) is 6.54 Å². The average molecular weight is 221 g/mol. The van der Waals surface area contributed by atoms with E-state index in [1.807, 2.05) is 12.1 Å². The number of carboxylic acids is 1. The molecule has 86 valence electrons. The largest absolute Gasteiger partial charge is 0.481 e. The SMILES string of the molecule is CC(=N)c1cc(CNCCC(=O)O)ccn1. The van der Waals surface area contributed by atoms with Gasteiger partial charge in [0.15, 0.2) is 0 Å². The predicted molar refractivity (Wildman–Crippen MR) is 60.7 cm³/mol. The molecule has 0 aliphatic rings. The zero-order valence-electron chi connectivity index (χ0n) is 9.16. The molecule has 0 spiro atoms. The normalized spacial score (nSPS) is 10.1. The first-order valence-electron chi connectivity index (χ1n) is 5.02. The maximum Gasteiger partial charge on any atom is 0.304 e. The minimum atomic E-state index is -0.807. The summed E-state index contributed by atoms with van der Waals surface area (Å²) in [5.74, 6) is -0.807. The Morgan fingerprint density at radius 2 is 2.38 bits per heavy atom. The fraction of sp³-hybridized carbons (Fsp3) is 0.364. The third kappa shape index (κ3) is 4.18. The Morgan fingerprint density at radius 1 is 1.62 bits per heavy atom. The number of aliphatic carboxylic acids is 1. The Balaban J connectivity index is 2.45. The summed E-state index contributed by atoms with van der Waals surface area (Å²) in [6.07, 6.45) is 1.77. The number of hydrogen-bond acceptors (Lipinski definition) is 4. The molecule has 0 aromatic carbocycles. The lowest BCUT2D eigenvalue weighted by Gasteiger charge is -2.04. The summed E-state index contributed by atoms with van der Waals surface area (Å²) in [6, 6.07) is 3.68. The van der Waals surface area contributed by atoms with Crippen molar-refractivity contribution in [1.82, 2.24) is 10.3 Å². The maximum atomic E-state index is 10.3. The molecule has 1 aromatic heterocycles. The van der Waals surface area contributed by atoms with Gasteiger partial charge < -0.3 is 15.8 Å². The summed E-state index contributed by atoms with van der Waals surface area (Å²) < 4.78 is 0. The minimum absolute atomic E-state index is 0.113. The number of nitrogens with one attached hydrogen (secondary N) is 2. The molecule has 0 saturated carbocycles. The number of carboxylic acid groups (broad SMARTS) is 1. The van der Waals surface area contributed by atoms with Crippen LogP contribution in [0.25, 0.3) is 0 Å². The highest BCUT2D eigenvalue weighted by molar-refractivity contribution is 5.94. The fourth-order valence-corrected chi connectivity index (χ4v) is 1.22. The van der Waals surface area contributed by atoms with E-state index in [-0.39, 0.29) is 6.42 Å². The van der Waals surface area contributed by atoms with Crippen molar-refractivity contribution < 1.29 is 9.90 Å². The van der Waals surface area contributed by atoms with Crippen molar-refractivity contribution in [1.29, 1.82) is 5.41 Å². The Morgan fingerprint density at radius 3 is 3.00 bits per heavy atom. The van der Waals surface area contributed by atoms with Crippen LogP contribution in [0.3, 0.4) is 0 Å². The van der Waals surface area contributed by atoms with E-state index in [2.05, 4.69) is 10.3 Å². The molecular formula is C11H15N3O2. The molecule has 16 heavy (non-hydrogen) atoms. The molecule has 0 bridgehead atoms. The number of aromatic nitrogens is 1. The van der Waals surface area contributed by atoms with Gasteiger partial charge in [-0.2, -0.15) is 0 Å². The fourth-order valence-electron chi connectivity index (χ4n) is 1.22. The molecule has 0 unspecified atom stereocenters. The van der Waals surface area contributed by atoms with Crippen LogP contribution in [0.5, 0.6) is 0 Å². The van der Waals surface area contributed by atoms with Crippen LogP contribution in [-0.2, 0) is 11.3 Å². The second kappa shape index (κ2) is 5.97. The van der Waals surface area contributed by atoms with Crippen LogP contribution in [0.2, 0.25) is 0 Å². The summed E-state index contributed by atoms with van der Waals surface area (Å²) in [5, 5.41) is 18.9. The van der Waals surface area contributed by atoms with Crippen molar-refractivity contribution in [2.45, 2.75) is 19.9 Å². The Bertz CT molecular complexity index is 391. The summed E-state index contributed by atoms with van der Waals surface area (Å²) in [4.78, 5) is 14.3. The van der Waals surface area contributed by atoms with Gasteiger partial charge in [-0.15, -0.1) is 0 Å². The van der Waals surface area contributed by atoms with E-state index in [0.29, 0.717) is 24.5 Å². The molecular weight excluding hydrogens is 206 g/mol. The van der Waals surface area contributed by atoms with E-state index >= 15 is 0 Å². The quantitative estimate of drug-likeness (QED) is 0.494. The molecule has 0 atom stereocenters. The van der Waals surface area contributed by atoms with Gasteiger partial charge in [-0.3, -0.25) is 9.78 Å². The minimum Gasteiger partial charge on any atom is -0.481 e. The number of nitrogens with zero attached hydrogens (tertiary/aromatic N) is 1. The maximum absolute atomic E-state index is 10.3. The highest BCUT2D eigenvalue weighted by Gasteiger charge is 2.00. The van der Waals surface area contributed by atoms with Crippen LogP contribution in [-0.4, -0.2) is 28.3 Å². The molecule has 0 saturated heterocycles. The van der Waals surface area contributed by atoms with Gasteiger partial charge >= 0.3 is 5.97 Å². The molecule has 0 amide bonds. The number of pyridine rings is 1. The van der Waals surface area contributed by atoms with E-state index in [9.17, 15) is 4.79 Å². The van der Waals surface area contributed by atoms with E-state index in [4.69, 9.17) is 10.5 Å². The van der Waals surface area contributed by atoms with Crippen LogP contribution in [0.4, 0.5) is 0 Å². The zero-order valence-corrected chi connectivity index (χ0v) is 9.16. The first-order valence-corrected chi connectivity index (χ1v) is 5.02. The van der Waals surface area contributed by atoms with E-state index in [1.165, 1.54) is 0 Å². The Kier molecular flexibility index (Phi) is 4.60. The highest BCUT2D eigenvalue weighted by Crippen LogP contribution is 2.02. The topological polar surface area (TPSA) is 86.1 Å². The summed E-state index contributed by atoms with van der Waals surface area (Å²) in [7, 11) is 0. The molecule has 0 radical (unpaired) electrons. The van der Waals surface area contributed by atoms with Gasteiger partial charge in [0.05, 0.1) is 17.8 Å². The van der Waals surface area contributed by atoms with Gasteiger partial charge in [0, 0.05) is 19.3 Å². The van der Waals surface area contributed by atoms with Gasteiger partial charge in [0.1, 0.15) is 0 Å². The van der Waals surface area contributed by atoms with Crippen molar-refractivity contribution in [2.24, 2.45) is 0 Å². The molecule has 1 rings (SSSR count). The predicted octanol–water partition coefficient (Wildman–Crippen LogP) is 1.03. The molecule has 5 heteroatoms. The first kappa shape index (κ1) is 12.3. The summed E-state index contributed by atoms with van der Waals surface area (Å²) in [5.41, 5.74) is 2.08. The van der Waals surface area contributed by atoms with Crippen LogP contribution < -0.4 is 5.32 Å². The number of carbonyl (C=O) groups is 1. The summed E-state index contributed by atoms with van der Waals surface area (Å²) in [6.45, 7) is 2.72. The third-order valence-electron chi connectivity index (χ3n) is 2.05. The second-order valence-electron chi connectivity index (χ2n) is 3.49. The van der Waals surface area contributed by atoms with Crippen molar-refractivity contribution in [3.63, 3.8) is 0 Å². The highest BCUT2D eigenvalue weighted by atomic mass is 16.4. The molecule has 0 fully saturated rings. The molecule has 1 heterocycles. The molecule has 1 aromatic rings. The van der Waals surface area contributed by atoms with E-state index in [0.717, 1.165) is 5.56 Å². The molecule has 3 N–H and O–H groups in total. The lowest BCUT2D eigenvalue weighted by molar-refractivity contribution is -0.136. The van der Waals surface area contributed by atoms with Crippen LogP contribution in [0.15, 0.2) is 18.3 Å². The molecule has 5 nitrogen and oxygen atoms in total. The molecule has 0 aliphatic heterocycles. The number of hydrogen-bond donors (Lipinski definition) is 3. The zero-order chi connectivity index (χ0) is 12.0. The smallest absolute Gasteiger partial charge is 0.304 e. The van der Waals surface area contributed by atoms with Crippen molar-refractivity contribution in [3.05, 3.63) is 29.6 Å². The van der Waals surface area contributed by atoms with Gasteiger partial charge in [0.25, 0.3) is 0 Å². The molecule has 0 aliphatic carbocycles. The van der Waals surface area contributed by atoms with E-state index in [1.54, 1.807) is 13.1 Å². The third-order valence-corrected chi connectivity index (χ3v) is 2.05. The second-order valence-corrected chi connectivity index (χ2v) is 3.49. The van der Waals surface area contributed by atoms with Crippen molar-refractivity contribution in [3.8, 4) is 0 Å².